The second kappa shape index (κ2) is 5.58. The van der Waals surface area contributed by atoms with Crippen molar-refractivity contribution >= 4 is 11.6 Å². The Morgan fingerprint density at radius 3 is 3.00 bits per heavy atom. The molecular weight excluding hydrogens is 249 g/mol. The molecule has 0 aromatic heterocycles. The van der Waals surface area contributed by atoms with Crippen LogP contribution in [-0.2, 0) is 6.42 Å². The van der Waals surface area contributed by atoms with Crippen LogP contribution in [0.4, 0.5) is 4.39 Å². The molecule has 2 unspecified atom stereocenters. The largest absolute Gasteiger partial charge is 0.325 e. The van der Waals surface area contributed by atoms with Crippen molar-refractivity contribution in [2.24, 2.45) is 11.7 Å². The quantitative estimate of drug-likeness (QED) is 0.869. The van der Waals surface area contributed by atoms with Crippen LogP contribution >= 0.6 is 11.6 Å². The zero-order valence-electron chi connectivity index (χ0n) is 10.9. The lowest BCUT2D eigenvalue weighted by Crippen LogP contribution is -2.46. The third-order valence-electron chi connectivity index (χ3n) is 4.11. The number of halogens is 2. The summed E-state index contributed by atoms with van der Waals surface area (Å²) < 4.78 is 13.8. The molecule has 0 bridgehead atoms. The monoisotopic (exact) mass is 269 g/mol. The van der Waals surface area contributed by atoms with E-state index in [0.717, 1.165) is 25.7 Å². The highest BCUT2D eigenvalue weighted by Gasteiger charge is 2.32. The molecule has 0 aliphatic heterocycles. The summed E-state index contributed by atoms with van der Waals surface area (Å²) in [4.78, 5) is 0. The fraction of sp³-hybridized carbons (Fsp3) is 0.600. The average Bonchev–Trinajstić information content (AvgIpc) is 2.33. The van der Waals surface area contributed by atoms with Crippen LogP contribution in [0.3, 0.4) is 0 Å². The Morgan fingerprint density at radius 2 is 2.28 bits per heavy atom. The molecule has 2 atom stereocenters. The number of hydrogen-bond acceptors (Lipinski definition) is 1. The van der Waals surface area contributed by atoms with Gasteiger partial charge in [-0.05, 0) is 48.9 Å². The molecule has 1 aromatic carbocycles. The number of nitrogens with two attached hydrogens (primary N) is 1. The third kappa shape index (κ3) is 3.24. The summed E-state index contributed by atoms with van der Waals surface area (Å²) in [5.74, 6) is 0.494. The van der Waals surface area contributed by atoms with Crippen LogP contribution in [0.2, 0.25) is 5.02 Å². The van der Waals surface area contributed by atoms with Gasteiger partial charge in [0.1, 0.15) is 5.82 Å². The Bertz CT molecular complexity index is 421. The summed E-state index contributed by atoms with van der Waals surface area (Å²) in [5, 5.41) is 0.581. The molecule has 1 fully saturated rings. The van der Waals surface area contributed by atoms with Gasteiger partial charge in [-0.2, -0.15) is 0 Å². The van der Waals surface area contributed by atoms with E-state index in [1.165, 1.54) is 12.5 Å². The first-order valence-electron chi connectivity index (χ1n) is 6.75. The van der Waals surface area contributed by atoms with Gasteiger partial charge in [0.2, 0.25) is 0 Å². The van der Waals surface area contributed by atoms with Gasteiger partial charge in [-0.3, -0.25) is 0 Å². The van der Waals surface area contributed by atoms with Gasteiger partial charge in [-0.15, -0.1) is 0 Å². The van der Waals surface area contributed by atoms with Crippen LogP contribution in [0.1, 0.15) is 44.6 Å². The molecule has 100 valence electrons. The van der Waals surface area contributed by atoms with E-state index in [0.29, 0.717) is 22.9 Å². The summed E-state index contributed by atoms with van der Waals surface area (Å²) in [6.07, 6.45) is 6.14. The molecule has 2 N–H and O–H groups in total. The van der Waals surface area contributed by atoms with Crippen molar-refractivity contribution in [2.45, 2.75) is 51.0 Å². The molecular formula is C15H21ClFN. The molecule has 18 heavy (non-hydrogen) atoms. The first kappa shape index (κ1) is 13.8. The Kier molecular flexibility index (Phi) is 4.29. The molecule has 0 saturated heterocycles. The molecule has 1 aliphatic carbocycles. The van der Waals surface area contributed by atoms with Gasteiger partial charge in [-0.1, -0.05) is 37.8 Å². The van der Waals surface area contributed by atoms with Gasteiger partial charge in [0.25, 0.3) is 0 Å². The van der Waals surface area contributed by atoms with Crippen LogP contribution in [0.5, 0.6) is 0 Å². The Labute approximate surface area is 114 Å². The zero-order chi connectivity index (χ0) is 13.2. The van der Waals surface area contributed by atoms with E-state index >= 15 is 0 Å². The van der Waals surface area contributed by atoms with Crippen LogP contribution in [0, 0.1) is 11.7 Å². The minimum atomic E-state index is -0.259. The fourth-order valence-electron chi connectivity index (χ4n) is 3.09. The van der Waals surface area contributed by atoms with Crippen molar-refractivity contribution in [3.63, 3.8) is 0 Å². The maximum atomic E-state index is 13.8. The van der Waals surface area contributed by atoms with Crippen LogP contribution in [-0.4, -0.2) is 5.54 Å². The highest BCUT2D eigenvalue weighted by atomic mass is 35.5. The van der Waals surface area contributed by atoms with E-state index < -0.39 is 0 Å². The lowest BCUT2D eigenvalue weighted by molar-refractivity contribution is 0.217. The SMILES string of the molecule is CCC1CCCC(N)(Cc2cc(Cl)ccc2F)C1. The zero-order valence-corrected chi connectivity index (χ0v) is 11.6. The molecule has 0 heterocycles. The molecule has 0 radical (unpaired) electrons. The Balaban J connectivity index is 2.14. The molecule has 1 aromatic rings. The van der Waals surface area contributed by atoms with Crippen LogP contribution in [0.25, 0.3) is 0 Å². The minimum absolute atomic E-state index is 0.192. The lowest BCUT2D eigenvalue weighted by Gasteiger charge is -2.38. The molecule has 1 aliphatic rings. The highest BCUT2D eigenvalue weighted by molar-refractivity contribution is 6.30. The maximum absolute atomic E-state index is 13.8. The van der Waals surface area contributed by atoms with Gasteiger partial charge in [-0.25, -0.2) is 4.39 Å². The summed E-state index contributed by atoms with van der Waals surface area (Å²) in [6.45, 7) is 2.20. The molecule has 0 spiro atoms. The molecule has 1 nitrogen and oxygen atoms in total. The maximum Gasteiger partial charge on any atom is 0.126 e. The first-order valence-corrected chi connectivity index (χ1v) is 7.13. The smallest absolute Gasteiger partial charge is 0.126 e. The summed E-state index contributed by atoms with van der Waals surface area (Å²) in [6, 6.07) is 4.72. The first-order chi connectivity index (χ1) is 8.52. The summed E-state index contributed by atoms with van der Waals surface area (Å²) in [5.41, 5.74) is 6.86. The predicted molar refractivity (Wildman–Crippen MR) is 74.3 cm³/mol. The van der Waals surface area contributed by atoms with E-state index in [-0.39, 0.29) is 11.4 Å². The van der Waals surface area contributed by atoms with Crippen molar-refractivity contribution in [1.82, 2.24) is 0 Å². The van der Waals surface area contributed by atoms with Crippen molar-refractivity contribution in [2.75, 3.05) is 0 Å². The number of rotatable bonds is 3. The van der Waals surface area contributed by atoms with Crippen LogP contribution in [0.15, 0.2) is 18.2 Å². The fourth-order valence-corrected chi connectivity index (χ4v) is 3.28. The summed E-state index contributed by atoms with van der Waals surface area (Å²) in [7, 11) is 0. The van der Waals surface area contributed by atoms with Crippen molar-refractivity contribution in [3.05, 3.63) is 34.6 Å². The van der Waals surface area contributed by atoms with Gasteiger partial charge < -0.3 is 5.73 Å². The second-order valence-corrected chi connectivity index (χ2v) is 6.08. The minimum Gasteiger partial charge on any atom is -0.325 e. The topological polar surface area (TPSA) is 26.0 Å². The highest BCUT2D eigenvalue weighted by Crippen LogP contribution is 2.35. The molecule has 1 saturated carbocycles. The summed E-state index contributed by atoms with van der Waals surface area (Å²) >= 11 is 5.93. The van der Waals surface area contributed by atoms with Crippen LogP contribution < -0.4 is 5.73 Å². The van der Waals surface area contributed by atoms with Gasteiger partial charge in [0.15, 0.2) is 0 Å². The van der Waals surface area contributed by atoms with E-state index in [9.17, 15) is 4.39 Å². The Morgan fingerprint density at radius 1 is 1.50 bits per heavy atom. The molecule has 0 amide bonds. The van der Waals surface area contributed by atoms with Crippen molar-refractivity contribution in [3.8, 4) is 0 Å². The van der Waals surface area contributed by atoms with Gasteiger partial charge in [0, 0.05) is 10.6 Å². The third-order valence-corrected chi connectivity index (χ3v) is 4.34. The molecule has 2 rings (SSSR count). The van der Waals surface area contributed by atoms with Gasteiger partial charge in [0.05, 0.1) is 0 Å². The lowest BCUT2D eigenvalue weighted by atomic mass is 9.72. The molecule has 3 heteroatoms. The van der Waals surface area contributed by atoms with E-state index in [2.05, 4.69) is 6.92 Å². The average molecular weight is 270 g/mol. The van der Waals surface area contributed by atoms with E-state index in [1.807, 2.05) is 0 Å². The second-order valence-electron chi connectivity index (χ2n) is 5.65. The number of benzene rings is 1. The van der Waals surface area contributed by atoms with Gasteiger partial charge >= 0.3 is 0 Å². The van der Waals surface area contributed by atoms with E-state index in [1.54, 1.807) is 12.1 Å². The number of hydrogen-bond donors (Lipinski definition) is 1. The Hall–Kier alpha value is -0.600. The predicted octanol–water partition coefficient (Wildman–Crippen LogP) is 4.32. The standard InChI is InChI=1S/C15H21ClFN/c1-2-11-4-3-7-15(18,9-11)10-12-8-13(16)5-6-14(12)17/h5-6,8,11H,2-4,7,9-10,18H2,1H3. The van der Waals surface area contributed by atoms with Crippen molar-refractivity contribution in [1.29, 1.82) is 0 Å². The van der Waals surface area contributed by atoms with Crippen molar-refractivity contribution < 1.29 is 4.39 Å². The van der Waals surface area contributed by atoms with E-state index in [4.69, 9.17) is 17.3 Å². The normalized spacial score (nSPS) is 28.3.